The van der Waals surface area contributed by atoms with Crippen molar-refractivity contribution in [1.82, 2.24) is 14.1 Å². The van der Waals surface area contributed by atoms with Gasteiger partial charge in [0.1, 0.15) is 29.1 Å². The summed E-state index contributed by atoms with van der Waals surface area (Å²) in [7, 11) is 4.83. The van der Waals surface area contributed by atoms with E-state index < -0.39 is 0 Å². The molecule has 164 valence electrons. The van der Waals surface area contributed by atoms with Crippen molar-refractivity contribution >= 4 is 34.2 Å². The molecule has 2 aromatic heterocycles. The molecule has 0 aliphatic carbocycles. The normalized spacial score (nSPS) is 10.9. The summed E-state index contributed by atoms with van der Waals surface area (Å²) < 4.78 is 13.4. The van der Waals surface area contributed by atoms with Gasteiger partial charge >= 0.3 is 0 Å². The Hall–Kier alpha value is -3.78. The van der Waals surface area contributed by atoms with Gasteiger partial charge in [0.25, 0.3) is 5.56 Å². The summed E-state index contributed by atoms with van der Waals surface area (Å²) in [6.45, 7) is -0.192. The van der Waals surface area contributed by atoms with Crippen molar-refractivity contribution in [1.29, 1.82) is 0 Å². The maximum Gasteiger partial charge on any atom is 0.278 e. The van der Waals surface area contributed by atoms with Gasteiger partial charge in [-0.05, 0) is 17.7 Å². The number of benzene rings is 2. The topological polar surface area (TPSA) is 87.4 Å². The van der Waals surface area contributed by atoms with Gasteiger partial charge in [-0.1, -0.05) is 23.7 Å². The van der Waals surface area contributed by atoms with Crippen molar-refractivity contribution in [3.63, 3.8) is 0 Å². The molecule has 8 nitrogen and oxygen atoms in total. The number of aromatic nitrogens is 3. The number of nitrogens with zero attached hydrogens (tertiary/aromatic N) is 3. The van der Waals surface area contributed by atoms with Crippen LogP contribution in [0.25, 0.3) is 22.2 Å². The Morgan fingerprint density at radius 2 is 1.75 bits per heavy atom. The van der Waals surface area contributed by atoms with E-state index >= 15 is 0 Å². The zero-order valence-electron chi connectivity index (χ0n) is 17.8. The number of aryl methyl sites for hydroxylation is 1. The van der Waals surface area contributed by atoms with Gasteiger partial charge in [-0.3, -0.25) is 14.2 Å². The van der Waals surface area contributed by atoms with Crippen LogP contribution >= 0.6 is 11.6 Å². The zero-order chi connectivity index (χ0) is 22.8. The van der Waals surface area contributed by atoms with Crippen molar-refractivity contribution in [2.24, 2.45) is 7.05 Å². The Morgan fingerprint density at radius 1 is 1.09 bits per heavy atom. The highest BCUT2D eigenvalue weighted by Gasteiger charge is 2.16. The van der Waals surface area contributed by atoms with Crippen LogP contribution in [0.15, 0.2) is 59.8 Å². The maximum atomic E-state index is 13.1. The van der Waals surface area contributed by atoms with Crippen molar-refractivity contribution < 1.29 is 14.3 Å². The molecule has 4 aromatic rings. The first-order valence-corrected chi connectivity index (χ1v) is 10.1. The van der Waals surface area contributed by atoms with Crippen molar-refractivity contribution in [3.05, 3.63) is 70.4 Å². The van der Waals surface area contributed by atoms with Crippen LogP contribution in [-0.2, 0) is 18.4 Å². The van der Waals surface area contributed by atoms with Crippen LogP contribution < -0.4 is 20.3 Å². The fourth-order valence-electron chi connectivity index (χ4n) is 3.50. The zero-order valence-corrected chi connectivity index (χ0v) is 18.5. The molecule has 0 unspecified atom stereocenters. The average molecular weight is 453 g/mol. The number of halogens is 1. The van der Waals surface area contributed by atoms with Crippen molar-refractivity contribution in [3.8, 4) is 22.6 Å². The van der Waals surface area contributed by atoms with Gasteiger partial charge in [-0.15, -0.1) is 0 Å². The molecule has 0 aliphatic rings. The standard InChI is InChI=1S/C23H21ClN4O4/c1-27-11-19(14-4-6-15(24)7-5-14)21-22(27)23(30)28(13-25-21)12-20(29)26-16-8-17(31-2)10-18(9-16)32-3/h4-11,13H,12H2,1-3H3,(H,26,29). The van der Waals surface area contributed by atoms with E-state index in [1.54, 1.807) is 41.9 Å². The predicted octanol–water partition coefficient (Wildman–Crippen LogP) is 3.71. The molecule has 2 aromatic carbocycles. The number of methoxy groups -OCH3 is 2. The molecule has 9 heteroatoms. The van der Waals surface area contributed by atoms with E-state index in [1.807, 2.05) is 18.3 Å². The molecule has 0 atom stereocenters. The molecule has 0 saturated heterocycles. The molecular formula is C23H21ClN4O4. The Labute approximate surface area is 189 Å². The molecule has 0 fully saturated rings. The molecule has 0 radical (unpaired) electrons. The number of rotatable bonds is 6. The van der Waals surface area contributed by atoms with Crippen LogP contribution in [-0.4, -0.2) is 34.2 Å². The highest BCUT2D eigenvalue weighted by atomic mass is 35.5. The predicted molar refractivity (Wildman–Crippen MR) is 124 cm³/mol. The van der Waals surface area contributed by atoms with E-state index in [9.17, 15) is 9.59 Å². The SMILES string of the molecule is COc1cc(NC(=O)Cn2cnc3c(-c4ccc(Cl)cc4)cn(C)c3c2=O)cc(OC)c1. The highest BCUT2D eigenvalue weighted by molar-refractivity contribution is 6.30. The second-order valence-corrected chi connectivity index (χ2v) is 7.62. The summed E-state index contributed by atoms with van der Waals surface area (Å²) >= 11 is 5.98. The number of hydrogen-bond donors (Lipinski definition) is 1. The molecule has 4 rings (SSSR count). The number of ether oxygens (including phenoxy) is 2. The van der Waals surface area contributed by atoms with Crippen LogP contribution in [0.5, 0.6) is 11.5 Å². The Balaban J connectivity index is 1.62. The van der Waals surface area contributed by atoms with Gasteiger partial charge in [0.15, 0.2) is 0 Å². The molecule has 0 bridgehead atoms. The lowest BCUT2D eigenvalue weighted by Crippen LogP contribution is -2.28. The number of carbonyl (C=O) groups is 1. The smallest absolute Gasteiger partial charge is 0.278 e. The van der Waals surface area contributed by atoms with E-state index in [1.165, 1.54) is 25.1 Å². The van der Waals surface area contributed by atoms with E-state index in [4.69, 9.17) is 21.1 Å². The minimum absolute atomic E-state index is 0.192. The molecule has 32 heavy (non-hydrogen) atoms. The van der Waals surface area contributed by atoms with Gasteiger partial charge < -0.3 is 19.4 Å². The third-order valence-electron chi connectivity index (χ3n) is 5.05. The van der Waals surface area contributed by atoms with Gasteiger partial charge in [-0.25, -0.2) is 4.98 Å². The van der Waals surface area contributed by atoms with Crippen LogP contribution in [0.2, 0.25) is 5.02 Å². The third kappa shape index (κ3) is 4.17. The van der Waals surface area contributed by atoms with Gasteiger partial charge in [-0.2, -0.15) is 0 Å². The fourth-order valence-corrected chi connectivity index (χ4v) is 3.63. The van der Waals surface area contributed by atoms with Gasteiger partial charge in [0, 0.05) is 47.7 Å². The lowest BCUT2D eigenvalue weighted by molar-refractivity contribution is -0.116. The van der Waals surface area contributed by atoms with Crippen LogP contribution in [0.3, 0.4) is 0 Å². The summed E-state index contributed by atoms with van der Waals surface area (Å²) in [5.41, 5.74) is 2.88. The second kappa shape index (κ2) is 8.76. The molecule has 1 N–H and O–H groups in total. The molecule has 2 heterocycles. The summed E-state index contributed by atoms with van der Waals surface area (Å²) in [6.07, 6.45) is 3.23. The number of anilines is 1. The Bertz CT molecular complexity index is 1340. The van der Waals surface area contributed by atoms with Gasteiger partial charge in [0.05, 0.1) is 20.5 Å². The number of nitrogens with one attached hydrogen (secondary N) is 1. The number of hydrogen-bond acceptors (Lipinski definition) is 5. The van der Waals surface area contributed by atoms with Crippen LogP contribution in [0.4, 0.5) is 5.69 Å². The van der Waals surface area contributed by atoms with E-state index in [2.05, 4.69) is 10.3 Å². The minimum atomic E-state index is -0.379. The van der Waals surface area contributed by atoms with E-state index in [-0.39, 0.29) is 18.0 Å². The van der Waals surface area contributed by atoms with Gasteiger partial charge in [0.2, 0.25) is 5.91 Å². The van der Waals surface area contributed by atoms with Crippen molar-refractivity contribution in [2.45, 2.75) is 6.54 Å². The summed E-state index contributed by atoms with van der Waals surface area (Å²) in [6, 6.07) is 12.4. The molecule has 0 aliphatic heterocycles. The maximum absolute atomic E-state index is 13.1. The monoisotopic (exact) mass is 452 g/mol. The first-order chi connectivity index (χ1) is 15.4. The lowest BCUT2D eigenvalue weighted by Gasteiger charge is -2.11. The summed E-state index contributed by atoms with van der Waals surface area (Å²) in [4.78, 5) is 30.2. The van der Waals surface area contributed by atoms with E-state index in [0.717, 1.165) is 11.1 Å². The number of carbonyl (C=O) groups excluding carboxylic acids is 1. The quantitative estimate of drug-likeness (QED) is 0.482. The largest absolute Gasteiger partial charge is 0.497 e. The summed E-state index contributed by atoms with van der Waals surface area (Å²) in [5.74, 6) is 0.701. The van der Waals surface area contributed by atoms with Crippen molar-refractivity contribution in [2.75, 3.05) is 19.5 Å². The fraction of sp³-hybridized carbons (Fsp3) is 0.174. The first kappa shape index (κ1) is 21.5. The molecular weight excluding hydrogens is 432 g/mol. The molecule has 0 saturated carbocycles. The highest BCUT2D eigenvalue weighted by Crippen LogP contribution is 2.28. The Morgan fingerprint density at radius 3 is 2.38 bits per heavy atom. The first-order valence-electron chi connectivity index (χ1n) is 9.73. The number of amides is 1. The second-order valence-electron chi connectivity index (χ2n) is 7.18. The molecule has 1 amide bonds. The lowest BCUT2D eigenvalue weighted by atomic mass is 10.1. The minimum Gasteiger partial charge on any atom is -0.497 e. The number of fused-ring (bicyclic) bond motifs is 1. The molecule has 0 spiro atoms. The van der Waals surface area contributed by atoms with E-state index in [0.29, 0.717) is 33.2 Å². The van der Waals surface area contributed by atoms with Crippen LogP contribution in [0.1, 0.15) is 0 Å². The van der Waals surface area contributed by atoms with Crippen LogP contribution in [0, 0.1) is 0 Å². The third-order valence-corrected chi connectivity index (χ3v) is 5.30. The average Bonchev–Trinajstić information content (AvgIpc) is 3.12. The summed E-state index contributed by atoms with van der Waals surface area (Å²) in [5, 5.41) is 3.39. The Kier molecular flexibility index (Phi) is 5.87.